The van der Waals surface area contributed by atoms with Gasteiger partial charge in [0.1, 0.15) is 6.04 Å². The monoisotopic (exact) mass is 461 g/mol. The fourth-order valence-electron chi connectivity index (χ4n) is 3.87. The number of nitrogens with zero attached hydrogens (tertiary/aromatic N) is 3. The van der Waals surface area contributed by atoms with Crippen LogP contribution < -0.4 is 4.90 Å². The van der Waals surface area contributed by atoms with E-state index in [1.165, 1.54) is 17.1 Å². The Labute approximate surface area is 200 Å². The molecule has 2 aromatic carbocycles. The van der Waals surface area contributed by atoms with Crippen molar-refractivity contribution in [3.8, 4) is 0 Å². The lowest BCUT2D eigenvalue weighted by molar-refractivity contribution is -0.141. The van der Waals surface area contributed by atoms with Gasteiger partial charge in [-0.25, -0.2) is 14.7 Å². The van der Waals surface area contributed by atoms with E-state index >= 15 is 0 Å². The van der Waals surface area contributed by atoms with Crippen molar-refractivity contribution < 1.29 is 19.5 Å². The maximum absolute atomic E-state index is 13.2. The molecule has 2 amide bonds. The number of rotatable bonds is 12. The van der Waals surface area contributed by atoms with Crippen LogP contribution in [-0.2, 0) is 27.2 Å². The van der Waals surface area contributed by atoms with E-state index in [9.17, 15) is 19.5 Å². The topological polar surface area (TPSA) is 92.5 Å². The van der Waals surface area contributed by atoms with Crippen LogP contribution in [0.1, 0.15) is 56.2 Å². The van der Waals surface area contributed by atoms with E-state index < -0.39 is 23.8 Å². The summed E-state index contributed by atoms with van der Waals surface area (Å²) in [5.41, 5.74) is 1.56. The summed E-state index contributed by atoms with van der Waals surface area (Å²) in [5, 5.41) is 9.74. The summed E-state index contributed by atoms with van der Waals surface area (Å²) in [5.74, 6) is -1.64. The summed E-state index contributed by atoms with van der Waals surface area (Å²) in [4.78, 5) is 43.7. The number of benzene rings is 2. The summed E-state index contributed by atoms with van der Waals surface area (Å²) in [6, 6.07) is 17.6. The molecular weight excluding hydrogens is 430 g/mol. The van der Waals surface area contributed by atoms with E-state index in [-0.39, 0.29) is 18.7 Å². The van der Waals surface area contributed by atoms with Gasteiger partial charge in [0.15, 0.2) is 5.82 Å². The number of carboxylic acids is 1. The molecule has 0 aliphatic heterocycles. The van der Waals surface area contributed by atoms with Gasteiger partial charge >= 0.3 is 5.97 Å². The third-order valence-corrected chi connectivity index (χ3v) is 5.69. The van der Waals surface area contributed by atoms with Gasteiger partial charge in [-0.3, -0.25) is 9.59 Å². The number of aliphatic carboxylic acids is 1. The molecule has 0 aliphatic rings. The number of hydrogen-bond acceptors (Lipinski definition) is 4. The molecule has 1 aromatic heterocycles. The number of carbonyl (C=O) groups excluding carboxylic acids is 2. The van der Waals surface area contributed by atoms with Gasteiger partial charge in [-0.05, 0) is 17.5 Å². The lowest BCUT2D eigenvalue weighted by atomic mass is 10.1. The van der Waals surface area contributed by atoms with E-state index in [0.717, 1.165) is 41.7 Å². The van der Waals surface area contributed by atoms with Crippen LogP contribution in [0.4, 0.5) is 5.82 Å². The van der Waals surface area contributed by atoms with Crippen molar-refractivity contribution in [2.75, 3.05) is 4.90 Å². The number of carbonyl (C=O) groups is 3. The summed E-state index contributed by atoms with van der Waals surface area (Å²) in [6.45, 7) is 2.10. The van der Waals surface area contributed by atoms with Crippen LogP contribution in [0.25, 0.3) is 0 Å². The molecule has 0 saturated heterocycles. The second-order valence-corrected chi connectivity index (χ2v) is 8.33. The molecule has 1 heterocycles. The Balaban J connectivity index is 1.85. The van der Waals surface area contributed by atoms with Crippen LogP contribution in [0.2, 0.25) is 0 Å². The van der Waals surface area contributed by atoms with Crippen molar-refractivity contribution in [3.05, 3.63) is 84.3 Å². The van der Waals surface area contributed by atoms with Gasteiger partial charge in [-0.2, -0.15) is 0 Å². The number of imidazole rings is 1. The standard InChI is InChI=1S/C27H31N3O4/c1-2-3-4-11-16-23(27(33)34)29-19-24(28-20-29)30(25(31)17-21-12-7-5-8-13-21)26(32)18-22-14-9-6-10-15-22/h5-10,12-15,19-20,23H,2-4,11,16-18H2,1H3,(H,33,34). The van der Waals surface area contributed by atoms with Crippen molar-refractivity contribution in [3.63, 3.8) is 0 Å². The second-order valence-electron chi connectivity index (χ2n) is 8.33. The average Bonchev–Trinajstić information content (AvgIpc) is 3.29. The summed E-state index contributed by atoms with van der Waals surface area (Å²) in [6.07, 6.45) is 7.27. The van der Waals surface area contributed by atoms with Gasteiger partial charge < -0.3 is 9.67 Å². The Morgan fingerprint density at radius 1 is 0.882 bits per heavy atom. The zero-order valence-electron chi connectivity index (χ0n) is 19.5. The summed E-state index contributed by atoms with van der Waals surface area (Å²) in [7, 11) is 0. The minimum Gasteiger partial charge on any atom is -0.480 e. The Kier molecular flexibility index (Phi) is 9.14. The van der Waals surface area contributed by atoms with Crippen LogP contribution in [0.3, 0.4) is 0 Å². The molecule has 0 bridgehead atoms. The molecule has 0 saturated carbocycles. The summed E-state index contributed by atoms with van der Waals surface area (Å²) < 4.78 is 1.49. The highest BCUT2D eigenvalue weighted by molar-refractivity contribution is 6.15. The lowest BCUT2D eigenvalue weighted by Gasteiger charge is -2.19. The normalized spacial score (nSPS) is 11.7. The number of imide groups is 1. The molecule has 0 aliphatic carbocycles. The molecule has 0 fully saturated rings. The largest absolute Gasteiger partial charge is 0.480 e. The van der Waals surface area contributed by atoms with Gasteiger partial charge in [-0.1, -0.05) is 93.3 Å². The summed E-state index contributed by atoms with van der Waals surface area (Å²) >= 11 is 0. The number of anilines is 1. The fraction of sp³-hybridized carbons (Fsp3) is 0.333. The molecule has 0 radical (unpaired) electrons. The molecule has 178 valence electrons. The van der Waals surface area contributed by atoms with Gasteiger partial charge in [0.2, 0.25) is 11.8 Å². The molecule has 0 spiro atoms. The molecule has 34 heavy (non-hydrogen) atoms. The van der Waals surface area contributed by atoms with Crippen LogP contribution in [-0.4, -0.2) is 32.4 Å². The molecule has 7 nitrogen and oxygen atoms in total. The van der Waals surface area contributed by atoms with E-state index in [2.05, 4.69) is 11.9 Å². The molecule has 3 rings (SSSR count). The number of aromatic nitrogens is 2. The number of carboxylic acid groups (broad SMARTS) is 1. The van der Waals surface area contributed by atoms with Crippen molar-refractivity contribution in [1.82, 2.24) is 9.55 Å². The highest BCUT2D eigenvalue weighted by atomic mass is 16.4. The SMILES string of the molecule is CCCCCCC(C(=O)O)n1cnc(N(C(=O)Cc2ccccc2)C(=O)Cc2ccccc2)c1. The minimum absolute atomic E-state index is 0.0353. The number of unbranched alkanes of at least 4 members (excludes halogenated alkanes) is 3. The first kappa shape index (κ1) is 24.9. The molecule has 3 aromatic rings. The van der Waals surface area contributed by atoms with Crippen molar-refractivity contribution in [1.29, 1.82) is 0 Å². The first-order valence-corrected chi connectivity index (χ1v) is 11.7. The maximum Gasteiger partial charge on any atom is 0.326 e. The van der Waals surface area contributed by atoms with E-state index in [4.69, 9.17) is 0 Å². The first-order valence-electron chi connectivity index (χ1n) is 11.7. The van der Waals surface area contributed by atoms with Gasteiger partial charge in [-0.15, -0.1) is 0 Å². The predicted octanol–water partition coefficient (Wildman–Crippen LogP) is 4.82. The molecule has 1 unspecified atom stereocenters. The Bertz CT molecular complexity index is 1030. The third-order valence-electron chi connectivity index (χ3n) is 5.69. The van der Waals surface area contributed by atoms with Crippen molar-refractivity contribution in [2.45, 2.75) is 57.9 Å². The Morgan fingerprint density at radius 2 is 1.44 bits per heavy atom. The second kappa shape index (κ2) is 12.5. The van der Waals surface area contributed by atoms with Crippen LogP contribution in [0.15, 0.2) is 73.2 Å². The number of hydrogen-bond donors (Lipinski definition) is 1. The third kappa shape index (κ3) is 6.88. The van der Waals surface area contributed by atoms with Gasteiger partial charge in [0.05, 0.1) is 19.2 Å². The Hall–Kier alpha value is -3.74. The Morgan fingerprint density at radius 3 is 1.94 bits per heavy atom. The van der Waals surface area contributed by atoms with Crippen LogP contribution >= 0.6 is 0 Å². The van der Waals surface area contributed by atoms with E-state index in [1.54, 1.807) is 0 Å². The number of amides is 2. The minimum atomic E-state index is -0.960. The predicted molar refractivity (Wildman–Crippen MR) is 130 cm³/mol. The fourth-order valence-corrected chi connectivity index (χ4v) is 3.87. The quantitative estimate of drug-likeness (QED) is 0.390. The zero-order valence-corrected chi connectivity index (χ0v) is 19.5. The van der Waals surface area contributed by atoms with E-state index in [0.29, 0.717) is 6.42 Å². The molecular formula is C27H31N3O4. The van der Waals surface area contributed by atoms with Crippen molar-refractivity contribution in [2.24, 2.45) is 0 Å². The highest BCUT2D eigenvalue weighted by Gasteiger charge is 2.27. The maximum atomic E-state index is 13.2. The van der Waals surface area contributed by atoms with Gasteiger partial charge in [0.25, 0.3) is 0 Å². The van der Waals surface area contributed by atoms with Crippen molar-refractivity contribution >= 4 is 23.6 Å². The van der Waals surface area contributed by atoms with Crippen LogP contribution in [0, 0.1) is 0 Å². The molecule has 7 heteroatoms. The van der Waals surface area contributed by atoms with Crippen LogP contribution in [0.5, 0.6) is 0 Å². The molecule has 1 atom stereocenters. The highest BCUT2D eigenvalue weighted by Crippen LogP contribution is 2.22. The smallest absolute Gasteiger partial charge is 0.326 e. The molecule has 1 N–H and O–H groups in total. The van der Waals surface area contributed by atoms with E-state index in [1.807, 2.05) is 60.7 Å². The van der Waals surface area contributed by atoms with Gasteiger partial charge in [0, 0.05) is 6.20 Å². The zero-order chi connectivity index (χ0) is 24.3. The average molecular weight is 462 g/mol. The lowest BCUT2D eigenvalue weighted by Crippen LogP contribution is -2.39. The first-order chi connectivity index (χ1) is 16.5.